The molecule has 0 spiro atoms. The number of hydrogen-bond acceptors (Lipinski definition) is 6. The summed E-state index contributed by atoms with van der Waals surface area (Å²) >= 11 is 0. The van der Waals surface area contributed by atoms with Crippen LogP contribution in [0.3, 0.4) is 0 Å². The normalized spacial score (nSPS) is 10.1. The molecule has 1 aromatic carbocycles. The Morgan fingerprint density at radius 1 is 1.16 bits per heavy atom. The lowest BCUT2D eigenvalue weighted by molar-refractivity contribution is 0.414. The zero-order chi connectivity index (χ0) is 13.7. The molecule has 1 aromatic heterocycles. The molecule has 6 heteroatoms. The molecule has 0 aliphatic carbocycles. The first-order valence-electron chi connectivity index (χ1n) is 5.89. The van der Waals surface area contributed by atoms with Crippen LogP contribution in [0.5, 0.6) is 5.75 Å². The number of aryl methyl sites for hydroxylation is 1. The van der Waals surface area contributed by atoms with Gasteiger partial charge in [-0.2, -0.15) is 0 Å². The van der Waals surface area contributed by atoms with Gasteiger partial charge >= 0.3 is 0 Å². The fourth-order valence-electron chi connectivity index (χ4n) is 1.69. The van der Waals surface area contributed by atoms with Gasteiger partial charge in [0.2, 0.25) is 5.75 Å². The summed E-state index contributed by atoms with van der Waals surface area (Å²) in [5, 5.41) is 3.20. The van der Waals surface area contributed by atoms with Gasteiger partial charge in [0, 0.05) is 6.54 Å². The van der Waals surface area contributed by atoms with E-state index in [9.17, 15) is 0 Å². The Kier molecular flexibility index (Phi) is 4.15. The van der Waals surface area contributed by atoms with Crippen LogP contribution < -0.4 is 21.3 Å². The first-order valence-corrected chi connectivity index (χ1v) is 5.89. The van der Waals surface area contributed by atoms with Gasteiger partial charge in [-0.1, -0.05) is 29.8 Å². The fourth-order valence-corrected chi connectivity index (χ4v) is 1.69. The van der Waals surface area contributed by atoms with Crippen molar-refractivity contribution in [1.29, 1.82) is 0 Å². The van der Waals surface area contributed by atoms with Crippen LogP contribution in [0, 0.1) is 6.92 Å². The molecule has 100 valence electrons. The van der Waals surface area contributed by atoms with Crippen LogP contribution in [-0.2, 0) is 6.54 Å². The zero-order valence-corrected chi connectivity index (χ0v) is 11.0. The Balaban J connectivity index is 2.13. The van der Waals surface area contributed by atoms with Gasteiger partial charge in [-0.3, -0.25) is 0 Å². The third-order valence-corrected chi connectivity index (χ3v) is 2.73. The maximum Gasteiger partial charge on any atom is 0.205 e. The molecule has 0 saturated carbocycles. The van der Waals surface area contributed by atoms with Crippen molar-refractivity contribution in [3.05, 3.63) is 41.7 Å². The summed E-state index contributed by atoms with van der Waals surface area (Å²) in [5.41, 5.74) is 4.87. The Hall–Kier alpha value is -2.34. The second-order valence-electron chi connectivity index (χ2n) is 4.09. The fraction of sp³-hybridized carbons (Fsp3) is 0.231. The summed E-state index contributed by atoms with van der Waals surface area (Å²) < 4.78 is 5.24. The number of anilines is 2. The van der Waals surface area contributed by atoms with Gasteiger partial charge in [0.1, 0.15) is 6.33 Å². The summed E-state index contributed by atoms with van der Waals surface area (Å²) in [4.78, 5) is 8.13. The van der Waals surface area contributed by atoms with E-state index in [1.807, 2.05) is 0 Å². The van der Waals surface area contributed by atoms with Crippen molar-refractivity contribution < 1.29 is 4.74 Å². The van der Waals surface area contributed by atoms with Crippen LogP contribution in [-0.4, -0.2) is 17.1 Å². The minimum absolute atomic E-state index is 0.448. The number of nitrogen functional groups attached to an aromatic ring is 1. The van der Waals surface area contributed by atoms with Crippen molar-refractivity contribution in [2.75, 3.05) is 17.9 Å². The minimum Gasteiger partial charge on any atom is -0.490 e. The lowest BCUT2D eigenvalue weighted by Gasteiger charge is -2.12. The summed E-state index contributed by atoms with van der Waals surface area (Å²) in [5.74, 6) is 6.92. The van der Waals surface area contributed by atoms with Crippen LogP contribution in [0.15, 0.2) is 30.6 Å². The van der Waals surface area contributed by atoms with E-state index in [1.165, 1.54) is 11.9 Å². The first kappa shape index (κ1) is 13.1. The lowest BCUT2D eigenvalue weighted by atomic mass is 10.1. The van der Waals surface area contributed by atoms with E-state index in [4.69, 9.17) is 10.6 Å². The topological polar surface area (TPSA) is 85.1 Å². The van der Waals surface area contributed by atoms with Crippen LogP contribution in [0.1, 0.15) is 11.1 Å². The van der Waals surface area contributed by atoms with Gasteiger partial charge in [0.15, 0.2) is 11.6 Å². The predicted molar refractivity (Wildman–Crippen MR) is 74.9 cm³/mol. The molecule has 6 nitrogen and oxygen atoms in total. The third kappa shape index (κ3) is 3.11. The molecular formula is C13H17N5O. The smallest absolute Gasteiger partial charge is 0.205 e. The third-order valence-electron chi connectivity index (χ3n) is 2.73. The Labute approximate surface area is 112 Å². The Morgan fingerprint density at radius 2 is 1.84 bits per heavy atom. The number of nitrogens with two attached hydrogens (primary N) is 1. The molecule has 0 unspecified atom stereocenters. The van der Waals surface area contributed by atoms with E-state index in [0.717, 1.165) is 5.56 Å². The van der Waals surface area contributed by atoms with E-state index >= 15 is 0 Å². The average Bonchev–Trinajstić information content (AvgIpc) is 2.46. The minimum atomic E-state index is 0.448. The summed E-state index contributed by atoms with van der Waals surface area (Å²) in [6, 6.07) is 8.28. The van der Waals surface area contributed by atoms with Crippen LogP contribution in [0.25, 0.3) is 0 Å². The Bertz CT molecular complexity index is 541. The second kappa shape index (κ2) is 6.01. The SMILES string of the molecule is COc1c(NN)ncnc1NCc1ccc(C)cc1. The number of hydrazine groups is 1. The molecule has 0 aliphatic rings. The molecule has 0 amide bonds. The number of nitrogens with one attached hydrogen (secondary N) is 2. The zero-order valence-electron chi connectivity index (χ0n) is 11.0. The number of benzene rings is 1. The highest BCUT2D eigenvalue weighted by atomic mass is 16.5. The van der Waals surface area contributed by atoms with Gasteiger partial charge < -0.3 is 15.5 Å². The quantitative estimate of drug-likeness (QED) is 0.559. The van der Waals surface area contributed by atoms with Crippen molar-refractivity contribution in [2.24, 2.45) is 5.84 Å². The predicted octanol–water partition coefficient (Wildman–Crippen LogP) is 1.69. The van der Waals surface area contributed by atoms with Crippen LogP contribution in [0.4, 0.5) is 11.6 Å². The van der Waals surface area contributed by atoms with Crippen molar-refractivity contribution in [2.45, 2.75) is 13.5 Å². The van der Waals surface area contributed by atoms with Crippen molar-refractivity contribution in [3.8, 4) is 5.75 Å². The van der Waals surface area contributed by atoms with E-state index in [0.29, 0.717) is 23.9 Å². The molecule has 4 N–H and O–H groups in total. The Morgan fingerprint density at radius 3 is 2.47 bits per heavy atom. The lowest BCUT2D eigenvalue weighted by Crippen LogP contribution is -2.12. The highest BCUT2D eigenvalue weighted by Gasteiger charge is 2.10. The van der Waals surface area contributed by atoms with E-state index in [1.54, 1.807) is 7.11 Å². The van der Waals surface area contributed by atoms with Crippen molar-refractivity contribution in [1.82, 2.24) is 9.97 Å². The molecule has 19 heavy (non-hydrogen) atoms. The maximum absolute atomic E-state index is 5.37. The number of nitrogens with zero attached hydrogens (tertiary/aromatic N) is 2. The average molecular weight is 259 g/mol. The maximum atomic E-state index is 5.37. The van der Waals surface area contributed by atoms with Crippen molar-refractivity contribution >= 4 is 11.6 Å². The molecule has 0 saturated heterocycles. The molecule has 0 atom stereocenters. The molecule has 0 fully saturated rings. The molecule has 1 heterocycles. The van der Waals surface area contributed by atoms with Gasteiger partial charge in [0.05, 0.1) is 7.11 Å². The van der Waals surface area contributed by atoms with Crippen LogP contribution >= 0.6 is 0 Å². The summed E-state index contributed by atoms with van der Waals surface area (Å²) in [6.07, 6.45) is 1.43. The van der Waals surface area contributed by atoms with Crippen LogP contribution in [0.2, 0.25) is 0 Å². The number of hydrogen-bond donors (Lipinski definition) is 3. The van der Waals surface area contributed by atoms with Gasteiger partial charge in [-0.25, -0.2) is 15.8 Å². The number of methoxy groups -OCH3 is 1. The molecule has 2 aromatic rings. The van der Waals surface area contributed by atoms with Gasteiger partial charge in [-0.15, -0.1) is 0 Å². The van der Waals surface area contributed by atoms with E-state index < -0.39 is 0 Å². The number of ether oxygens (including phenoxy) is 1. The first-order chi connectivity index (χ1) is 9.24. The largest absolute Gasteiger partial charge is 0.490 e. The van der Waals surface area contributed by atoms with Crippen molar-refractivity contribution in [3.63, 3.8) is 0 Å². The van der Waals surface area contributed by atoms with Gasteiger partial charge in [0.25, 0.3) is 0 Å². The van der Waals surface area contributed by atoms with E-state index in [2.05, 4.69) is 51.9 Å². The number of rotatable bonds is 5. The molecule has 0 bridgehead atoms. The molecule has 0 radical (unpaired) electrons. The summed E-state index contributed by atoms with van der Waals surface area (Å²) in [6.45, 7) is 2.71. The second-order valence-corrected chi connectivity index (χ2v) is 4.09. The summed E-state index contributed by atoms with van der Waals surface area (Å²) in [7, 11) is 1.55. The number of aromatic nitrogens is 2. The standard InChI is InChI=1S/C13H17N5O/c1-9-3-5-10(6-4-9)7-15-12-11(19-2)13(18-14)17-8-16-12/h3-6,8H,7,14H2,1-2H3,(H2,15,16,17,18). The van der Waals surface area contributed by atoms with Gasteiger partial charge in [-0.05, 0) is 12.5 Å². The highest BCUT2D eigenvalue weighted by Crippen LogP contribution is 2.28. The molecule has 2 rings (SSSR count). The monoisotopic (exact) mass is 259 g/mol. The molecule has 0 aliphatic heterocycles. The van der Waals surface area contributed by atoms with E-state index in [-0.39, 0.29) is 0 Å². The highest BCUT2D eigenvalue weighted by molar-refractivity contribution is 5.63. The molecular weight excluding hydrogens is 242 g/mol.